The summed E-state index contributed by atoms with van der Waals surface area (Å²) in [6.07, 6.45) is 4.06. The Morgan fingerprint density at radius 2 is 1.97 bits per heavy atom. The molecule has 1 aliphatic heterocycles. The highest BCUT2D eigenvalue weighted by molar-refractivity contribution is 5.82. The van der Waals surface area contributed by atoms with E-state index in [9.17, 15) is 18.0 Å². The number of hydrogen-bond acceptors (Lipinski definition) is 4. The van der Waals surface area contributed by atoms with Crippen LogP contribution in [-0.2, 0) is 11.0 Å². The number of hydrogen-bond donors (Lipinski definition) is 2. The zero-order valence-electron chi connectivity index (χ0n) is 17.6. The van der Waals surface area contributed by atoms with Crippen LogP contribution in [0.25, 0.3) is 6.08 Å². The first-order chi connectivity index (χ1) is 15.4. The number of benzene rings is 1. The van der Waals surface area contributed by atoms with Gasteiger partial charge in [-0.05, 0) is 68.8 Å². The normalized spacial score (nSPS) is 21.3. The fraction of sp³-hybridized carbons (Fsp3) is 0.417. The first-order valence-electron chi connectivity index (χ1n) is 10.9. The van der Waals surface area contributed by atoms with Crippen molar-refractivity contribution in [2.75, 3.05) is 6.54 Å². The van der Waals surface area contributed by atoms with Crippen molar-refractivity contribution in [3.05, 3.63) is 59.3 Å². The topological polar surface area (TPSA) is 63.2 Å². The van der Waals surface area contributed by atoms with Crippen molar-refractivity contribution in [2.24, 2.45) is 0 Å². The lowest BCUT2D eigenvalue weighted by Gasteiger charge is -2.26. The Balaban J connectivity index is 1.32. The summed E-state index contributed by atoms with van der Waals surface area (Å²) in [5.74, 6) is 0.731. The van der Waals surface area contributed by atoms with Gasteiger partial charge >= 0.3 is 6.18 Å². The second-order valence-corrected chi connectivity index (χ2v) is 8.29. The van der Waals surface area contributed by atoms with Gasteiger partial charge in [-0.25, -0.2) is 4.98 Å². The lowest BCUT2D eigenvalue weighted by atomic mass is 9.89. The monoisotopic (exact) mass is 445 g/mol. The fourth-order valence-corrected chi connectivity index (χ4v) is 4.12. The first-order valence-corrected chi connectivity index (χ1v) is 10.9. The number of nitrogens with one attached hydrogen (secondary N) is 2. The molecule has 1 aromatic carbocycles. The van der Waals surface area contributed by atoms with Crippen molar-refractivity contribution in [1.82, 2.24) is 15.6 Å². The number of carbonyl (C=O) groups is 1. The van der Waals surface area contributed by atoms with E-state index in [0.717, 1.165) is 62.9 Å². The third kappa shape index (κ3) is 5.88. The number of allylic oxidation sites excluding steroid dienone is 1. The molecule has 2 fully saturated rings. The number of alkyl halides is 3. The highest BCUT2D eigenvalue weighted by Crippen LogP contribution is 2.31. The van der Waals surface area contributed by atoms with Crippen LogP contribution in [-0.4, -0.2) is 29.5 Å². The lowest BCUT2D eigenvalue weighted by Crippen LogP contribution is -2.45. The predicted octanol–water partition coefficient (Wildman–Crippen LogP) is 5.09. The predicted molar refractivity (Wildman–Crippen MR) is 115 cm³/mol. The molecule has 2 N–H and O–H groups in total. The van der Waals surface area contributed by atoms with E-state index < -0.39 is 11.7 Å². The molecule has 0 unspecified atom stereocenters. The number of aromatic nitrogens is 1. The Labute approximate surface area is 185 Å². The van der Waals surface area contributed by atoms with Gasteiger partial charge in [-0.2, -0.15) is 13.2 Å². The Hall–Kier alpha value is -2.87. The van der Waals surface area contributed by atoms with Gasteiger partial charge in [-0.15, -0.1) is 0 Å². The average Bonchev–Trinajstić information content (AvgIpc) is 3.30. The van der Waals surface area contributed by atoms with Crippen molar-refractivity contribution < 1.29 is 22.7 Å². The largest absolute Gasteiger partial charge is 0.439 e. The second kappa shape index (κ2) is 9.73. The molecule has 4 rings (SSSR count). The van der Waals surface area contributed by atoms with E-state index >= 15 is 0 Å². The number of ether oxygens (including phenoxy) is 1. The summed E-state index contributed by atoms with van der Waals surface area (Å²) >= 11 is 0. The van der Waals surface area contributed by atoms with Crippen LogP contribution in [0.1, 0.15) is 49.7 Å². The number of halogens is 3. The molecular formula is C24H26F3N3O2. The number of amides is 1. The summed E-state index contributed by atoms with van der Waals surface area (Å²) in [5.41, 5.74) is 1.45. The number of carbonyl (C=O) groups excluding carboxylic acids is 1. The zero-order valence-corrected chi connectivity index (χ0v) is 17.6. The van der Waals surface area contributed by atoms with E-state index in [1.54, 1.807) is 6.07 Å². The van der Waals surface area contributed by atoms with Crippen LogP contribution in [0.4, 0.5) is 13.2 Å². The summed E-state index contributed by atoms with van der Waals surface area (Å²) < 4.78 is 43.6. The standard InChI is InChI=1S/C24H26F3N3O2/c25-24(26,27)18-8-11-22(29-15-18)32-20-4-1-3-17(14-20)13-16-6-9-19(10-7-16)30-23(31)21-5-2-12-28-21/h1,3-4,8,11,13-15,19,21,28H,2,5-7,9-10,12H2,(H,30,31)/t19?,21-/m0/s1. The summed E-state index contributed by atoms with van der Waals surface area (Å²) in [7, 11) is 0. The molecule has 2 aliphatic rings. The minimum absolute atomic E-state index is 0.0474. The molecule has 1 saturated heterocycles. The lowest BCUT2D eigenvalue weighted by molar-refractivity contribution is -0.137. The molecule has 1 amide bonds. The Morgan fingerprint density at radius 3 is 2.62 bits per heavy atom. The highest BCUT2D eigenvalue weighted by atomic mass is 19.4. The van der Waals surface area contributed by atoms with Crippen LogP contribution < -0.4 is 15.4 Å². The number of rotatable bonds is 5. The van der Waals surface area contributed by atoms with E-state index in [2.05, 4.69) is 21.7 Å². The van der Waals surface area contributed by atoms with Gasteiger partial charge in [0.1, 0.15) is 5.75 Å². The van der Waals surface area contributed by atoms with Crippen molar-refractivity contribution in [2.45, 2.75) is 56.8 Å². The van der Waals surface area contributed by atoms with Crippen LogP contribution in [0.15, 0.2) is 48.2 Å². The van der Waals surface area contributed by atoms with E-state index in [0.29, 0.717) is 5.75 Å². The van der Waals surface area contributed by atoms with Crippen LogP contribution >= 0.6 is 0 Å². The smallest absolute Gasteiger partial charge is 0.417 e. The van der Waals surface area contributed by atoms with Gasteiger partial charge in [0.05, 0.1) is 11.6 Å². The Bertz CT molecular complexity index is 957. The summed E-state index contributed by atoms with van der Waals surface area (Å²) in [4.78, 5) is 16.0. The molecule has 8 heteroatoms. The third-order valence-electron chi connectivity index (χ3n) is 5.87. The molecule has 5 nitrogen and oxygen atoms in total. The SMILES string of the molecule is O=C(NC1CCC(=Cc2cccc(Oc3ccc(C(F)(F)F)cn3)c2)CC1)[C@@H]1CCCN1. The van der Waals surface area contributed by atoms with Crippen molar-refractivity contribution in [1.29, 1.82) is 0 Å². The molecule has 0 radical (unpaired) electrons. The molecule has 1 atom stereocenters. The van der Waals surface area contributed by atoms with E-state index in [4.69, 9.17) is 4.74 Å². The molecule has 170 valence electrons. The third-order valence-corrected chi connectivity index (χ3v) is 5.87. The maximum absolute atomic E-state index is 12.7. The van der Waals surface area contributed by atoms with E-state index in [1.165, 1.54) is 11.6 Å². The van der Waals surface area contributed by atoms with Crippen LogP contribution in [0, 0.1) is 0 Å². The van der Waals surface area contributed by atoms with Gasteiger partial charge in [0.2, 0.25) is 11.8 Å². The summed E-state index contributed by atoms with van der Waals surface area (Å²) in [5, 5.41) is 6.40. The Morgan fingerprint density at radius 1 is 1.16 bits per heavy atom. The maximum Gasteiger partial charge on any atom is 0.417 e. The van der Waals surface area contributed by atoms with Crippen molar-refractivity contribution in [3.63, 3.8) is 0 Å². The molecule has 1 aromatic heterocycles. The first kappa shape index (κ1) is 22.3. The van der Waals surface area contributed by atoms with Gasteiger partial charge in [0.25, 0.3) is 0 Å². The van der Waals surface area contributed by atoms with Gasteiger partial charge in [0, 0.05) is 18.3 Å². The van der Waals surface area contributed by atoms with Crippen LogP contribution in [0.2, 0.25) is 0 Å². The van der Waals surface area contributed by atoms with E-state index in [-0.39, 0.29) is 23.9 Å². The summed E-state index contributed by atoms with van der Waals surface area (Å²) in [6, 6.07) is 9.71. The fourth-order valence-electron chi connectivity index (χ4n) is 4.12. The minimum Gasteiger partial charge on any atom is -0.439 e. The van der Waals surface area contributed by atoms with Gasteiger partial charge in [-0.1, -0.05) is 23.8 Å². The Kier molecular flexibility index (Phi) is 6.79. The molecule has 0 bridgehead atoms. The van der Waals surface area contributed by atoms with Crippen LogP contribution in [0.5, 0.6) is 11.6 Å². The number of pyridine rings is 1. The summed E-state index contributed by atoms with van der Waals surface area (Å²) in [6.45, 7) is 0.910. The molecule has 1 saturated carbocycles. The van der Waals surface area contributed by atoms with Gasteiger partial charge in [0.15, 0.2) is 0 Å². The van der Waals surface area contributed by atoms with E-state index in [1.807, 2.05) is 18.2 Å². The molecule has 2 heterocycles. The molecule has 0 spiro atoms. The second-order valence-electron chi connectivity index (χ2n) is 8.29. The van der Waals surface area contributed by atoms with Crippen LogP contribution in [0.3, 0.4) is 0 Å². The maximum atomic E-state index is 12.7. The molecule has 32 heavy (non-hydrogen) atoms. The quantitative estimate of drug-likeness (QED) is 0.673. The average molecular weight is 445 g/mol. The zero-order chi connectivity index (χ0) is 22.6. The van der Waals surface area contributed by atoms with Gasteiger partial charge in [-0.3, -0.25) is 4.79 Å². The van der Waals surface area contributed by atoms with Gasteiger partial charge < -0.3 is 15.4 Å². The molecule has 2 aromatic rings. The molecule has 1 aliphatic carbocycles. The minimum atomic E-state index is -4.42. The van der Waals surface area contributed by atoms with Crippen molar-refractivity contribution >= 4 is 12.0 Å². The highest BCUT2D eigenvalue weighted by Gasteiger charge is 2.30. The number of nitrogens with zero attached hydrogens (tertiary/aromatic N) is 1. The van der Waals surface area contributed by atoms with Crippen molar-refractivity contribution in [3.8, 4) is 11.6 Å². The molecular weight excluding hydrogens is 419 g/mol.